The molecule has 2 atom stereocenters. The molecule has 1 aromatic carbocycles. The van der Waals surface area contributed by atoms with Crippen molar-refractivity contribution < 1.29 is 9.84 Å². The molecule has 2 N–H and O–H groups in total. The van der Waals surface area contributed by atoms with E-state index in [2.05, 4.69) is 35.9 Å². The maximum absolute atomic E-state index is 9.74. The predicted octanol–water partition coefficient (Wildman–Crippen LogP) is 2.76. The lowest BCUT2D eigenvalue weighted by Crippen LogP contribution is -2.46. The fourth-order valence-electron chi connectivity index (χ4n) is 3.73. The number of hydrogen-bond acceptors (Lipinski definition) is 3. The first-order chi connectivity index (χ1) is 10.6. The van der Waals surface area contributed by atoms with Gasteiger partial charge >= 0.3 is 0 Å². The number of aromatic nitrogens is 1. The Kier molecular flexibility index (Phi) is 4.52. The fourth-order valence-corrected chi connectivity index (χ4v) is 3.73. The van der Waals surface area contributed by atoms with Crippen molar-refractivity contribution in [1.29, 1.82) is 0 Å². The summed E-state index contributed by atoms with van der Waals surface area (Å²) in [6, 6.07) is 4.61. The molecular weight excluding hydrogens is 276 g/mol. The topological polar surface area (TPSA) is 48.5 Å². The van der Waals surface area contributed by atoms with Crippen LogP contribution in [0, 0.1) is 13.8 Å². The molecule has 2 aromatic rings. The molecule has 4 heteroatoms. The number of piperidine rings is 1. The maximum atomic E-state index is 9.74. The molecule has 2 heterocycles. The number of aromatic amines is 1. The molecule has 0 spiro atoms. The van der Waals surface area contributed by atoms with Gasteiger partial charge in [-0.15, -0.1) is 0 Å². The van der Waals surface area contributed by atoms with Crippen LogP contribution in [0.1, 0.15) is 29.5 Å². The smallest absolute Gasteiger partial charge is 0.0599 e. The van der Waals surface area contributed by atoms with Gasteiger partial charge in [0.2, 0.25) is 0 Å². The van der Waals surface area contributed by atoms with E-state index in [-0.39, 0.29) is 18.8 Å². The molecule has 0 saturated carbocycles. The van der Waals surface area contributed by atoms with Crippen molar-refractivity contribution in [3.8, 4) is 0 Å². The van der Waals surface area contributed by atoms with Crippen molar-refractivity contribution >= 4 is 10.9 Å². The molecule has 4 nitrogen and oxygen atoms in total. The normalized spacial score (nSPS) is 23.3. The molecule has 0 radical (unpaired) electrons. The average Bonchev–Trinajstić information content (AvgIpc) is 3.01. The van der Waals surface area contributed by atoms with Crippen LogP contribution < -0.4 is 0 Å². The second-order valence-corrected chi connectivity index (χ2v) is 6.44. The Bertz CT molecular complexity index is 650. The summed E-state index contributed by atoms with van der Waals surface area (Å²) in [5, 5.41) is 11.0. The number of methoxy groups -OCH3 is 1. The summed E-state index contributed by atoms with van der Waals surface area (Å²) in [7, 11) is 1.77. The van der Waals surface area contributed by atoms with Crippen LogP contribution in [0.25, 0.3) is 10.9 Å². The highest BCUT2D eigenvalue weighted by atomic mass is 16.5. The number of nitrogens with one attached hydrogen (secondary N) is 1. The van der Waals surface area contributed by atoms with E-state index >= 15 is 0 Å². The molecule has 0 amide bonds. The minimum atomic E-state index is 0.188. The highest BCUT2D eigenvalue weighted by Crippen LogP contribution is 2.29. The van der Waals surface area contributed by atoms with E-state index in [1.54, 1.807) is 7.11 Å². The predicted molar refractivity (Wildman–Crippen MR) is 89.1 cm³/mol. The Balaban J connectivity index is 1.88. The Morgan fingerprint density at radius 1 is 1.36 bits per heavy atom. The molecule has 3 rings (SSSR count). The molecule has 0 aliphatic carbocycles. The summed E-state index contributed by atoms with van der Waals surface area (Å²) in [5.74, 6) is 0. The molecule has 1 saturated heterocycles. The Labute approximate surface area is 132 Å². The molecular formula is C18H26N2O2. The number of nitrogens with zero attached hydrogens (tertiary/aromatic N) is 1. The van der Waals surface area contributed by atoms with Crippen LogP contribution in [0.2, 0.25) is 0 Å². The second kappa shape index (κ2) is 6.41. The summed E-state index contributed by atoms with van der Waals surface area (Å²) in [4.78, 5) is 5.75. The number of benzene rings is 1. The maximum Gasteiger partial charge on any atom is 0.0599 e. The lowest BCUT2D eigenvalue weighted by Gasteiger charge is -2.38. The summed E-state index contributed by atoms with van der Waals surface area (Å²) in [6.45, 7) is 6.40. The molecule has 1 aromatic heterocycles. The Morgan fingerprint density at radius 3 is 2.91 bits per heavy atom. The molecule has 0 bridgehead atoms. The van der Waals surface area contributed by atoms with Crippen LogP contribution in [0.5, 0.6) is 0 Å². The van der Waals surface area contributed by atoms with E-state index in [1.807, 2.05) is 6.20 Å². The van der Waals surface area contributed by atoms with Crippen LogP contribution >= 0.6 is 0 Å². The van der Waals surface area contributed by atoms with E-state index in [1.165, 1.54) is 27.6 Å². The van der Waals surface area contributed by atoms with Gasteiger partial charge in [-0.1, -0.05) is 6.07 Å². The number of fused-ring (bicyclic) bond motifs is 1. The van der Waals surface area contributed by atoms with Gasteiger partial charge in [0.15, 0.2) is 0 Å². The minimum Gasteiger partial charge on any atom is -0.395 e. The van der Waals surface area contributed by atoms with Crippen molar-refractivity contribution in [3.05, 3.63) is 35.0 Å². The molecule has 1 fully saturated rings. The van der Waals surface area contributed by atoms with Crippen molar-refractivity contribution in [2.24, 2.45) is 0 Å². The number of aliphatic hydroxyl groups is 1. The second-order valence-electron chi connectivity index (χ2n) is 6.44. The zero-order valence-electron chi connectivity index (χ0n) is 13.7. The number of rotatable bonds is 4. The van der Waals surface area contributed by atoms with Gasteiger partial charge in [0, 0.05) is 43.3 Å². The zero-order chi connectivity index (χ0) is 15.7. The molecule has 120 valence electrons. The summed E-state index contributed by atoms with van der Waals surface area (Å²) in [6.07, 6.45) is 4.24. The Hall–Kier alpha value is -1.36. The van der Waals surface area contributed by atoms with Crippen LogP contribution in [0.3, 0.4) is 0 Å². The summed E-state index contributed by atoms with van der Waals surface area (Å²) >= 11 is 0. The minimum absolute atomic E-state index is 0.188. The monoisotopic (exact) mass is 302 g/mol. The first-order valence-electron chi connectivity index (χ1n) is 8.08. The number of H-pyrrole nitrogens is 1. The van der Waals surface area contributed by atoms with Crippen molar-refractivity contribution in [2.45, 2.75) is 45.4 Å². The largest absolute Gasteiger partial charge is 0.395 e. The van der Waals surface area contributed by atoms with Gasteiger partial charge in [0.25, 0.3) is 0 Å². The van der Waals surface area contributed by atoms with E-state index < -0.39 is 0 Å². The van der Waals surface area contributed by atoms with Gasteiger partial charge < -0.3 is 14.8 Å². The van der Waals surface area contributed by atoms with E-state index in [0.29, 0.717) is 0 Å². The van der Waals surface area contributed by atoms with E-state index in [4.69, 9.17) is 4.74 Å². The third-order valence-electron chi connectivity index (χ3n) is 5.07. The standard InChI is InChI=1S/C18H26N2O2/c1-12-8-13(2)18-16(4-6-19-18)17(12)10-20-7-5-15(22-3)9-14(20)11-21/h4,6,8,14-15,19,21H,5,7,9-11H2,1-3H3/t14-,15-/m0/s1. The van der Waals surface area contributed by atoms with Crippen molar-refractivity contribution in [3.63, 3.8) is 0 Å². The van der Waals surface area contributed by atoms with Gasteiger partial charge in [-0.2, -0.15) is 0 Å². The van der Waals surface area contributed by atoms with Crippen LogP contribution in [0.4, 0.5) is 0 Å². The van der Waals surface area contributed by atoms with E-state index in [0.717, 1.165) is 25.9 Å². The highest BCUT2D eigenvalue weighted by Gasteiger charge is 2.28. The van der Waals surface area contributed by atoms with E-state index in [9.17, 15) is 5.11 Å². The van der Waals surface area contributed by atoms with Crippen LogP contribution in [-0.4, -0.2) is 47.4 Å². The number of aliphatic hydroxyl groups excluding tert-OH is 1. The number of hydrogen-bond donors (Lipinski definition) is 2. The number of likely N-dealkylation sites (tertiary alicyclic amines) is 1. The third-order valence-corrected chi connectivity index (χ3v) is 5.07. The third kappa shape index (κ3) is 2.78. The Morgan fingerprint density at radius 2 is 2.18 bits per heavy atom. The number of ether oxygens (including phenoxy) is 1. The van der Waals surface area contributed by atoms with Crippen molar-refractivity contribution in [2.75, 3.05) is 20.3 Å². The fraction of sp³-hybridized carbons (Fsp3) is 0.556. The summed E-state index contributed by atoms with van der Waals surface area (Å²) < 4.78 is 5.48. The van der Waals surface area contributed by atoms with Gasteiger partial charge in [0.05, 0.1) is 12.7 Å². The first kappa shape index (κ1) is 15.5. The lowest BCUT2D eigenvalue weighted by molar-refractivity contribution is -0.00948. The SMILES string of the molecule is CO[C@H]1CCN(Cc2c(C)cc(C)c3[nH]ccc23)[C@H](CO)C1. The van der Waals surface area contributed by atoms with Gasteiger partial charge in [-0.05, 0) is 49.4 Å². The highest BCUT2D eigenvalue weighted by molar-refractivity contribution is 5.86. The zero-order valence-corrected chi connectivity index (χ0v) is 13.7. The quantitative estimate of drug-likeness (QED) is 0.913. The van der Waals surface area contributed by atoms with Crippen LogP contribution in [-0.2, 0) is 11.3 Å². The van der Waals surface area contributed by atoms with Gasteiger partial charge in [-0.25, -0.2) is 0 Å². The molecule has 22 heavy (non-hydrogen) atoms. The molecule has 0 unspecified atom stereocenters. The molecule has 1 aliphatic heterocycles. The summed E-state index contributed by atoms with van der Waals surface area (Å²) in [5.41, 5.74) is 5.22. The molecule has 1 aliphatic rings. The van der Waals surface area contributed by atoms with Crippen molar-refractivity contribution in [1.82, 2.24) is 9.88 Å². The van der Waals surface area contributed by atoms with Gasteiger partial charge in [0.1, 0.15) is 0 Å². The lowest BCUT2D eigenvalue weighted by atomic mass is 9.96. The number of aryl methyl sites for hydroxylation is 2. The van der Waals surface area contributed by atoms with Gasteiger partial charge in [-0.3, -0.25) is 4.90 Å². The average molecular weight is 302 g/mol. The first-order valence-corrected chi connectivity index (χ1v) is 8.08. The van der Waals surface area contributed by atoms with Crippen LogP contribution in [0.15, 0.2) is 18.3 Å².